The molecule has 1 rings (SSSR count). The number of hydrogen-bond acceptors (Lipinski definition) is 4. The molecule has 0 aromatic carbocycles. The summed E-state index contributed by atoms with van der Waals surface area (Å²) < 4.78 is 5.07. The van der Waals surface area contributed by atoms with Gasteiger partial charge in [-0.15, -0.1) is 0 Å². The van der Waals surface area contributed by atoms with Gasteiger partial charge in [-0.05, 0) is 25.8 Å². The topological polar surface area (TPSA) is 71.5 Å². The summed E-state index contributed by atoms with van der Waals surface area (Å²) in [6, 6.07) is 1.64. The second-order valence-electron chi connectivity index (χ2n) is 3.82. The first kappa shape index (κ1) is 13.4. The first-order valence-corrected chi connectivity index (χ1v) is 5.58. The van der Waals surface area contributed by atoms with E-state index in [9.17, 15) is 4.79 Å². The number of hydrogen-bond donors (Lipinski definition) is 2. The van der Waals surface area contributed by atoms with Gasteiger partial charge in [0.05, 0.1) is 18.9 Å². The van der Waals surface area contributed by atoms with E-state index in [2.05, 4.69) is 10.3 Å². The number of pyridine rings is 1. The van der Waals surface area contributed by atoms with E-state index >= 15 is 0 Å². The molecule has 1 amide bonds. The molecule has 5 nitrogen and oxygen atoms in total. The van der Waals surface area contributed by atoms with E-state index in [4.69, 9.17) is 9.84 Å². The van der Waals surface area contributed by atoms with Crippen LogP contribution < -0.4 is 10.1 Å². The van der Waals surface area contributed by atoms with Crippen LogP contribution >= 0.6 is 0 Å². The zero-order valence-electron chi connectivity index (χ0n) is 10.1. The number of nitrogens with one attached hydrogen (secondary N) is 1. The molecule has 1 unspecified atom stereocenters. The van der Waals surface area contributed by atoms with Gasteiger partial charge >= 0.3 is 0 Å². The zero-order chi connectivity index (χ0) is 12.7. The predicted octanol–water partition coefficient (Wildman–Crippen LogP) is 0.981. The molecule has 1 atom stereocenters. The third-order valence-electron chi connectivity index (χ3n) is 2.42. The molecule has 1 aromatic heterocycles. The van der Waals surface area contributed by atoms with E-state index < -0.39 is 0 Å². The van der Waals surface area contributed by atoms with Gasteiger partial charge < -0.3 is 15.2 Å². The Morgan fingerprint density at radius 2 is 2.41 bits per heavy atom. The number of aliphatic hydroxyl groups excluding tert-OH is 1. The van der Waals surface area contributed by atoms with E-state index in [1.54, 1.807) is 12.3 Å². The van der Waals surface area contributed by atoms with E-state index in [-0.39, 0.29) is 18.6 Å². The van der Waals surface area contributed by atoms with Crippen molar-refractivity contribution in [1.29, 1.82) is 0 Å². The first-order valence-electron chi connectivity index (χ1n) is 5.58. The van der Waals surface area contributed by atoms with Crippen molar-refractivity contribution in [3.63, 3.8) is 0 Å². The van der Waals surface area contributed by atoms with Crippen LogP contribution in [0.3, 0.4) is 0 Å². The average molecular weight is 238 g/mol. The Bertz CT molecular complexity index is 369. The third kappa shape index (κ3) is 4.03. The van der Waals surface area contributed by atoms with Gasteiger partial charge in [-0.1, -0.05) is 0 Å². The lowest BCUT2D eigenvalue weighted by Gasteiger charge is -2.14. The molecule has 0 saturated heterocycles. The smallest absolute Gasteiger partial charge is 0.255 e. The summed E-state index contributed by atoms with van der Waals surface area (Å²) in [5.41, 5.74) is 0.471. The highest BCUT2D eigenvalue weighted by Gasteiger charge is 2.13. The van der Waals surface area contributed by atoms with Crippen LogP contribution in [0.5, 0.6) is 5.75 Å². The number of nitrogens with zero attached hydrogens (tertiary/aromatic N) is 1. The van der Waals surface area contributed by atoms with Gasteiger partial charge in [0.2, 0.25) is 0 Å². The predicted molar refractivity (Wildman–Crippen MR) is 64.0 cm³/mol. The van der Waals surface area contributed by atoms with Crippen LogP contribution in [0.4, 0.5) is 0 Å². The molecule has 0 radical (unpaired) electrons. The molecular formula is C12H18N2O3. The van der Waals surface area contributed by atoms with Crippen LogP contribution in [0, 0.1) is 0 Å². The minimum atomic E-state index is -0.185. The highest BCUT2D eigenvalue weighted by atomic mass is 16.5. The molecule has 0 bridgehead atoms. The Kier molecular flexibility index (Phi) is 5.42. The Balaban J connectivity index is 2.63. The lowest BCUT2D eigenvalue weighted by atomic mass is 10.1. The van der Waals surface area contributed by atoms with Crippen molar-refractivity contribution >= 4 is 5.91 Å². The summed E-state index contributed by atoms with van der Waals surface area (Å²) >= 11 is 0. The molecule has 0 aliphatic rings. The van der Waals surface area contributed by atoms with E-state index in [1.165, 1.54) is 13.3 Å². The number of rotatable bonds is 6. The molecule has 1 aromatic rings. The Hall–Kier alpha value is -1.62. The number of aromatic nitrogens is 1. The van der Waals surface area contributed by atoms with Crippen LogP contribution in [0.1, 0.15) is 30.1 Å². The molecule has 0 saturated carbocycles. The summed E-state index contributed by atoms with van der Waals surface area (Å²) in [7, 11) is 1.50. The molecule has 0 aliphatic heterocycles. The molecule has 0 fully saturated rings. The normalized spacial score (nSPS) is 11.9. The maximum absolute atomic E-state index is 11.9. The summed E-state index contributed by atoms with van der Waals surface area (Å²) in [6.45, 7) is 2.04. The summed E-state index contributed by atoms with van der Waals surface area (Å²) in [4.78, 5) is 15.8. The van der Waals surface area contributed by atoms with Crippen molar-refractivity contribution in [1.82, 2.24) is 10.3 Å². The fraction of sp³-hybridized carbons (Fsp3) is 0.500. The van der Waals surface area contributed by atoms with Crippen LogP contribution in [-0.4, -0.2) is 35.8 Å². The fourth-order valence-corrected chi connectivity index (χ4v) is 1.50. The zero-order valence-corrected chi connectivity index (χ0v) is 10.1. The van der Waals surface area contributed by atoms with Gasteiger partial charge in [-0.2, -0.15) is 0 Å². The Morgan fingerprint density at radius 1 is 1.65 bits per heavy atom. The fourth-order valence-electron chi connectivity index (χ4n) is 1.50. The quantitative estimate of drug-likeness (QED) is 0.775. The summed E-state index contributed by atoms with van der Waals surface area (Å²) in [5.74, 6) is 0.272. The van der Waals surface area contributed by atoms with Crippen LogP contribution in [0.15, 0.2) is 18.5 Å². The lowest BCUT2D eigenvalue weighted by molar-refractivity contribution is 0.0933. The second kappa shape index (κ2) is 6.85. The van der Waals surface area contributed by atoms with Crippen molar-refractivity contribution in [3.8, 4) is 5.75 Å². The van der Waals surface area contributed by atoms with Crippen molar-refractivity contribution < 1.29 is 14.6 Å². The highest BCUT2D eigenvalue weighted by molar-refractivity contribution is 5.96. The number of aliphatic hydroxyl groups is 1. The monoisotopic (exact) mass is 238 g/mol. The molecular weight excluding hydrogens is 220 g/mol. The minimum Gasteiger partial charge on any atom is -0.494 e. The number of carbonyl (C=O) groups excluding carboxylic acids is 1. The molecule has 94 valence electrons. The Labute approximate surface area is 101 Å². The van der Waals surface area contributed by atoms with Crippen LogP contribution in [0.25, 0.3) is 0 Å². The highest BCUT2D eigenvalue weighted by Crippen LogP contribution is 2.15. The van der Waals surface area contributed by atoms with Gasteiger partial charge in [-0.25, -0.2) is 0 Å². The lowest BCUT2D eigenvalue weighted by Crippen LogP contribution is -2.32. The van der Waals surface area contributed by atoms with Crippen molar-refractivity contribution in [2.45, 2.75) is 25.8 Å². The molecule has 0 spiro atoms. The van der Waals surface area contributed by atoms with Crippen molar-refractivity contribution in [2.24, 2.45) is 0 Å². The first-order chi connectivity index (χ1) is 8.19. The molecule has 2 N–H and O–H groups in total. The van der Waals surface area contributed by atoms with E-state index in [0.29, 0.717) is 17.7 Å². The standard InChI is InChI=1S/C12H18N2O3/c1-9(4-3-7-15)14-12(16)10-5-6-13-8-11(10)17-2/h5-6,8-9,15H,3-4,7H2,1-2H3,(H,14,16). The average Bonchev–Trinajstić information content (AvgIpc) is 2.36. The second-order valence-corrected chi connectivity index (χ2v) is 3.82. The molecule has 0 aliphatic carbocycles. The van der Waals surface area contributed by atoms with Gasteiger partial charge in [0.25, 0.3) is 5.91 Å². The number of carbonyl (C=O) groups is 1. The van der Waals surface area contributed by atoms with Crippen LogP contribution in [0.2, 0.25) is 0 Å². The number of amides is 1. The summed E-state index contributed by atoms with van der Waals surface area (Å²) in [5, 5.41) is 11.6. The molecule has 5 heteroatoms. The van der Waals surface area contributed by atoms with Crippen molar-refractivity contribution in [3.05, 3.63) is 24.0 Å². The third-order valence-corrected chi connectivity index (χ3v) is 2.42. The maximum atomic E-state index is 11.9. The van der Waals surface area contributed by atoms with Gasteiger partial charge in [0.1, 0.15) is 5.75 Å². The van der Waals surface area contributed by atoms with Gasteiger partial charge in [0, 0.05) is 18.8 Å². The van der Waals surface area contributed by atoms with E-state index in [1.807, 2.05) is 6.92 Å². The SMILES string of the molecule is COc1cnccc1C(=O)NC(C)CCCO. The molecule has 1 heterocycles. The van der Waals surface area contributed by atoms with Gasteiger partial charge in [-0.3, -0.25) is 9.78 Å². The number of methoxy groups -OCH3 is 1. The van der Waals surface area contributed by atoms with Crippen LogP contribution in [-0.2, 0) is 0 Å². The van der Waals surface area contributed by atoms with Gasteiger partial charge in [0.15, 0.2) is 0 Å². The minimum absolute atomic E-state index is 0.0209. The maximum Gasteiger partial charge on any atom is 0.255 e. The van der Waals surface area contributed by atoms with Crippen molar-refractivity contribution in [2.75, 3.05) is 13.7 Å². The Morgan fingerprint density at radius 3 is 3.06 bits per heavy atom. The number of ether oxygens (including phenoxy) is 1. The largest absolute Gasteiger partial charge is 0.494 e. The summed E-state index contributed by atoms with van der Waals surface area (Å²) in [6.07, 6.45) is 4.48. The van der Waals surface area contributed by atoms with E-state index in [0.717, 1.165) is 6.42 Å². The molecule has 17 heavy (non-hydrogen) atoms.